The van der Waals surface area contributed by atoms with Crippen molar-refractivity contribution >= 4 is 17.3 Å². The van der Waals surface area contributed by atoms with Gasteiger partial charge in [-0.25, -0.2) is 4.98 Å². The van der Waals surface area contributed by atoms with E-state index in [9.17, 15) is 0 Å². The monoisotopic (exact) mass is 442 g/mol. The van der Waals surface area contributed by atoms with Gasteiger partial charge in [0.1, 0.15) is 11.6 Å². The maximum Gasteiger partial charge on any atom is 0.163 e. The van der Waals surface area contributed by atoms with Crippen molar-refractivity contribution in [2.75, 3.05) is 17.2 Å². The van der Waals surface area contributed by atoms with Crippen LogP contribution in [0.4, 0.5) is 11.6 Å². The van der Waals surface area contributed by atoms with Gasteiger partial charge in [-0.15, -0.1) is 0 Å². The molecule has 0 fully saturated rings. The summed E-state index contributed by atoms with van der Waals surface area (Å²) in [5.41, 5.74) is 4.50. The van der Waals surface area contributed by atoms with E-state index < -0.39 is 0 Å². The standard InChI is InChI=1S/C27H34N6/c1-21(2)24-20-31-33-26(30-19-22-12-6-5-7-13-22)18-25(32-27(24)33)29-17-10-4-3-8-14-23-15-9-11-16-28-23/h5-7,9,11-13,15-16,18,20-21,30H,3-4,8,10,14,17,19H2,1-2H3,(H,29,32). The first-order valence-corrected chi connectivity index (χ1v) is 12.0. The number of aryl methyl sites for hydroxylation is 1. The summed E-state index contributed by atoms with van der Waals surface area (Å²) in [5, 5.41) is 11.7. The first kappa shape index (κ1) is 22.8. The van der Waals surface area contributed by atoms with Gasteiger partial charge in [0, 0.05) is 36.6 Å². The highest BCUT2D eigenvalue weighted by atomic mass is 15.3. The Morgan fingerprint density at radius 1 is 0.909 bits per heavy atom. The van der Waals surface area contributed by atoms with Crippen molar-refractivity contribution in [2.45, 2.75) is 58.4 Å². The number of pyridine rings is 1. The normalized spacial score (nSPS) is 11.2. The van der Waals surface area contributed by atoms with Gasteiger partial charge in [-0.2, -0.15) is 9.61 Å². The van der Waals surface area contributed by atoms with Crippen LogP contribution < -0.4 is 10.6 Å². The molecule has 1 aromatic carbocycles. The fourth-order valence-corrected chi connectivity index (χ4v) is 3.94. The molecule has 0 saturated heterocycles. The number of nitrogens with zero attached hydrogens (tertiary/aromatic N) is 4. The Bertz CT molecular complexity index is 1120. The van der Waals surface area contributed by atoms with Gasteiger partial charge >= 0.3 is 0 Å². The van der Waals surface area contributed by atoms with Gasteiger partial charge in [-0.3, -0.25) is 4.98 Å². The second-order valence-electron chi connectivity index (χ2n) is 8.77. The van der Waals surface area contributed by atoms with E-state index in [1.807, 2.05) is 29.0 Å². The highest BCUT2D eigenvalue weighted by Crippen LogP contribution is 2.24. The summed E-state index contributed by atoms with van der Waals surface area (Å²) < 4.78 is 1.92. The van der Waals surface area contributed by atoms with E-state index in [-0.39, 0.29) is 0 Å². The second kappa shape index (κ2) is 11.5. The molecule has 3 aromatic heterocycles. The molecule has 4 aromatic rings. The number of aromatic nitrogens is 4. The molecule has 0 bridgehead atoms. The maximum atomic E-state index is 4.89. The molecule has 0 radical (unpaired) electrons. The highest BCUT2D eigenvalue weighted by molar-refractivity contribution is 5.61. The number of benzene rings is 1. The Hall–Kier alpha value is -3.41. The van der Waals surface area contributed by atoms with E-state index in [1.54, 1.807) is 0 Å². The topological polar surface area (TPSA) is 67.1 Å². The van der Waals surface area contributed by atoms with Gasteiger partial charge in [-0.1, -0.05) is 63.1 Å². The fraction of sp³-hybridized carbons (Fsp3) is 0.370. The van der Waals surface area contributed by atoms with Gasteiger partial charge < -0.3 is 10.6 Å². The van der Waals surface area contributed by atoms with Gasteiger partial charge in [-0.05, 0) is 42.9 Å². The molecule has 2 N–H and O–H groups in total. The molecule has 0 amide bonds. The summed E-state index contributed by atoms with van der Waals surface area (Å²) in [4.78, 5) is 9.29. The molecule has 0 saturated carbocycles. The largest absolute Gasteiger partial charge is 0.370 e. The van der Waals surface area contributed by atoms with Crippen LogP contribution in [0.5, 0.6) is 0 Å². The molecule has 33 heavy (non-hydrogen) atoms. The number of rotatable bonds is 12. The van der Waals surface area contributed by atoms with Crippen LogP contribution in [0.3, 0.4) is 0 Å². The van der Waals surface area contributed by atoms with Crippen LogP contribution in [-0.2, 0) is 13.0 Å². The van der Waals surface area contributed by atoms with Gasteiger partial charge in [0.2, 0.25) is 0 Å². The van der Waals surface area contributed by atoms with Crippen molar-refractivity contribution in [2.24, 2.45) is 0 Å². The summed E-state index contributed by atoms with van der Waals surface area (Å²) in [7, 11) is 0. The zero-order chi connectivity index (χ0) is 22.9. The van der Waals surface area contributed by atoms with Crippen molar-refractivity contribution in [3.8, 4) is 0 Å². The highest BCUT2D eigenvalue weighted by Gasteiger charge is 2.14. The van der Waals surface area contributed by atoms with E-state index >= 15 is 0 Å². The molecule has 6 nitrogen and oxygen atoms in total. The van der Waals surface area contributed by atoms with Crippen molar-refractivity contribution in [3.63, 3.8) is 0 Å². The third-order valence-corrected chi connectivity index (χ3v) is 5.83. The number of nitrogens with one attached hydrogen (secondary N) is 2. The fourth-order valence-electron chi connectivity index (χ4n) is 3.94. The Balaban J connectivity index is 1.34. The molecular weight excluding hydrogens is 408 g/mol. The molecule has 172 valence electrons. The molecule has 0 aliphatic heterocycles. The van der Waals surface area contributed by atoms with Crippen LogP contribution in [0.25, 0.3) is 5.65 Å². The smallest absolute Gasteiger partial charge is 0.163 e. The van der Waals surface area contributed by atoms with E-state index in [0.717, 1.165) is 48.8 Å². The summed E-state index contributed by atoms with van der Waals surface area (Å²) >= 11 is 0. The average Bonchev–Trinajstić information content (AvgIpc) is 3.28. The predicted molar refractivity (Wildman–Crippen MR) is 136 cm³/mol. The minimum Gasteiger partial charge on any atom is -0.370 e. The third kappa shape index (κ3) is 6.31. The quantitative estimate of drug-likeness (QED) is 0.260. The minimum atomic E-state index is 0.367. The molecule has 0 aliphatic carbocycles. The number of anilines is 2. The third-order valence-electron chi connectivity index (χ3n) is 5.83. The predicted octanol–water partition coefficient (Wildman–Crippen LogP) is 6.07. The molecule has 3 heterocycles. The molecule has 0 unspecified atom stereocenters. The number of fused-ring (bicyclic) bond motifs is 1. The second-order valence-corrected chi connectivity index (χ2v) is 8.77. The average molecular weight is 443 g/mol. The van der Waals surface area contributed by atoms with Crippen LogP contribution in [0.1, 0.15) is 62.3 Å². The van der Waals surface area contributed by atoms with Crippen LogP contribution in [0.15, 0.2) is 67.0 Å². The maximum absolute atomic E-state index is 4.89. The van der Waals surface area contributed by atoms with Crippen molar-refractivity contribution in [1.82, 2.24) is 19.6 Å². The van der Waals surface area contributed by atoms with Gasteiger partial charge in [0.05, 0.1) is 6.20 Å². The lowest BCUT2D eigenvalue weighted by molar-refractivity contribution is 0.649. The lowest BCUT2D eigenvalue weighted by Crippen LogP contribution is -2.10. The lowest BCUT2D eigenvalue weighted by Gasteiger charge is -2.13. The lowest BCUT2D eigenvalue weighted by atomic mass is 10.1. The van der Waals surface area contributed by atoms with Gasteiger partial charge in [0.15, 0.2) is 5.65 Å². The number of hydrogen-bond donors (Lipinski definition) is 2. The molecule has 0 spiro atoms. The molecule has 0 atom stereocenters. The summed E-state index contributed by atoms with van der Waals surface area (Å²) in [6, 6.07) is 18.6. The van der Waals surface area contributed by atoms with Gasteiger partial charge in [0.25, 0.3) is 0 Å². The molecule has 6 heteroatoms. The zero-order valence-electron chi connectivity index (χ0n) is 19.7. The Kier molecular flexibility index (Phi) is 7.90. The van der Waals surface area contributed by atoms with Crippen molar-refractivity contribution in [1.29, 1.82) is 0 Å². The van der Waals surface area contributed by atoms with E-state index in [0.29, 0.717) is 5.92 Å². The Morgan fingerprint density at radius 3 is 2.52 bits per heavy atom. The van der Waals surface area contributed by atoms with E-state index in [2.05, 4.69) is 77.0 Å². The molecule has 0 aliphatic rings. The van der Waals surface area contributed by atoms with E-state index in [1.165, 1.54) is 30.5 Å². The van der Waals surface area contributed by atoms with E-state index in [4.69, 9.17) is 4.98 Å². The first-order chi connectivity index (χ1) is 16.2. The zero-order valence-corrected chi connectivity index (χ0v) is 19.7. The summed E-state index contributed by atoms with van der Waals surface area (Å²) in [5.74, 6) is 2.22. The Labute approximate surface area is 196 Å². The molecular formula is C27H34N6. The van der Waals surface area contributed by atoms with Crippen LogP contribution in [-0.4, -0.2) is 26.1 Å². The van der Waals surface area contributed by atoms with Crippen LogP contribution >= 0.6 is 0 Å². The number of unbranched alkanes of at least 4 members (excludes halogenated alkanes) is 3. The minimum absolute atomic E-state index is 0.367. The Morgan fingerprint density at radius 2 is 1.73 bits per heavy atom. The van der Waals surface area contributed by atoms with Crippen molar-refractivity contribution < 1.29 is 0 Å². The number of hydrogen-bond acceptors (Lipinski definition) is 5. The van der Waals surface area contributed by atoms with Crippen molar-refractivity contribution in [3.05, 3.63) is 83.8 Å². The van der Waals surface area contributed by atoms with Crippen LogP contribution in [0, 0.1) is 0 Å². The SMILES string of the molecule is CC(C)c1cnn2c(NCc3ccccc3)cc(NCCCCCCc3ccccn3)nc12. The first-order valence-electron chi connectivity index (χ1n) is 12.0. The summed E-state index contributed by atoms with van der Waals surface area (Å²) in [6.07, 6.45) is 9.59. The van der Waals surface area contributed by atoms with Crippen LogP contribution in [0.2, 0.25) is 0 Å². The molecule has 4 rings (SSSR count). The summed E-state index contributed by atoms with van der Waals surface area (Å²) in [6.45, 7) is 6.02.